The maximum absolute atomic E-state index is 11.2. The molecule has 0 aliphatic carbocycles. The highest BCUT2D eigenvalue weighted by atomic mass is 32.1. The number of aliphatic hydroxyl groups excluding tert-OH is 1. The second-order valence-corrected chi connectivity index (χ2v) is 10.9. The molecule has 0 atom stereocenters. The molecule has 6 saturated heterocycles. The van der Waals surface area contributed by atoms with Gasteiger partial charge in [-0.2, -0.15) is 44.6 Å². The lowest BCUT2D eigenvalue weighted by molar-refractivity contribution is -0.199. The van der Waals surface area contributed by atoms with Gasteiger partial charge in [0.25, 0.3) is 59.1 Å². The molecule has 13 amide bonds. The molecule has 6 fully saturated rings. The van der Waals surface area contributed by atoms with Gasteiger partial charge in [-0.25, -0.2) is 4.79 Å². The van der Waals surface area contributed by atoms with Crippen LogP contribution in [0.1, 0.15) is 77.0 Å². The van der Waals surface area contributed by atoms with E-state index in [4.69, 9.17) is 12.6 Å². The van der Waals surface area contributed by atoms with Gasteiger partial charge in [0, 0.05) is 84.2 Å². The predicted octanol–water partition coefficient (Wildman–Crippen LogP) is -1.34. The number of hydrogen-bond donors (Lipinski definition) is 4. The topological polar surface area (TPSA) is 362 Å². The first kappa shape index (κ1) is 50.6. The second-order valence-electron chi connectivity index (χ2n) is 10.9. The molecule has 0 spiro atoms. The molecule has 0 aromatic rings. The standard InChI is InChI=1S/2C9H8N2O7.C6H7NO4.C4H5NO3.CH4O.2CH4S/c2*12-5-1-2-6(13)10(5)17-9(16)18-11-7(14)3-4-8(11)15;1-11-6(10)7-4(8)2-3-5(7)9;6-3-1-2-4(7)5(3)8;3*1-2/h2*1-4H2;2-3H2,1H3;8H,1-2H2;3*2H,1H3/i/hD2. The largest absolute Gasteiger partial charge is 0.560 e. The Balaban J connectivity index is 0.000000796. The molecule has 6 heterocycles. The highest BCUT2D eigenvalue weighted by Gasteiger charge is 2.39. The van der Waals surface area contributed by atoms with Crippen LogP contribution in [0.3, 0.4) is 0 Å². The van der Waals surface area contributed by atoms with Gasteiger partial charge >= 0.3 is 18.4 Å². The number of imide groups is 8. The van der Waals surface area contributed by atoms with E-state index in [0.29, 0.717) is 4.90 Å². The Hall–Kier alpha value is -6.53. The maximum Gasteiger partial charge on any atom is 0.560 e. The molecular weight excluding hydrogens is 872 g/mol. The van der Waals surface area contributed by atoms with Gasteiger partial charge in [0.2, 0.25) is 11.8 Å². The molecule has 61 heavy (non-hydrogen) atoms. The summed E-state index contributed by atoms with van der Waals surface area (Å²) in [6.45, 7) is 0. The summed E-state index contributed by atoms with van der Waals surface area (Å²) in [6.07, 6.45) is -0.431. The third kappa shape index (κ3) is 16.2. The van der Waals surface area contributed by atoms with Gasteiger partial charge in [-0.3, -0.25) is 82.1 Å². The molecule has 6 rings (SSSR count). The molecule has 2 N–H and O–H groups in total. The zero-order chi connectivity index (χ0) is 48.6. The number of rotatable bonds is 4. The van der Waals surface area contributed by atoms with Gasteiger partial charge in [-0.1, -0.05) is 20.3 Å². The van der Waals surface area contributed by atoms with Crippen LogP contribution >= 0.6 is 25.1 Å². The van der Waals surface area contributed by atoms with Crippen molar-refractivity contribution in [3.05, 3.63) is 0 Å². The summed E-state index contributed by atoms with van der Waals surface area (Å²) in [5, 5.41) is 16.6. The number of aliphatic hydroxyl groups is 1. The lowest BCUT2D eigenvalue weighted by Gasteiger charge is -2.15. The van der Waals surface area contributed by atoms with Gasteiger partial charge in [-0.05, 0) is 12.5 Å². The van der Waals surface area contributed by atoms with E-state index in [-0.39, 0.29) is 102 Å². The molecule has 0 aromatic heterocycles. The summed E-state index contributed by atoms with van der Waals surface area (Å²) in [6, 6.07) is 0. The van der Waals surface area contributed by atoms with Crippen LogP contribution in [0.5, 0.6) is 0 Å². The normalized spacial score (nSPS) is 18.2. The minimum Gasteiger partial charge on any atom is -0.452 e. The Kier molecular flexibility index (Phi) is 22.6. The van der Waals surface area contributed by atoms with Crippen molar-refractivity contribution in [1.82, 2.24) is 30.2 Å². The van der Waals surface area contributed by atoms with Gasteiger partial charge in [0.1, 0.15) is 2.25 Å². The van der Waals surface area contributed by atoms with Crippen molar-refractivity contribution < 1.29 is 106 Å². The number of hydroxylamine groups is 10. The molecular formula is C31H40N6O22S2. The molecule has 28 nitrogen and oxygen atoms in total. The number of ether oxygens (including phenoxy) is 1. The molecule has 0 radical (unpaired) electrons. The number of likely N-dealkylation sites (tertiary alicyclic amines) is 1. The van der Waals surface area contributed by atoms with E-state index in [9.17, 15) is 71.9 Å². The second kappa shape index (κ2) is 27.3. The zero-order valence-corrected chi connectivity index (χ0v) is 34.2. The smallest absolute Gasteiger partial charge is 0.452 e. The summed E-state index contributed by atoms with van der Waals surface area (Å²) in [5.74, 6) is -7.45. The Labute approximate surface area is 356 Å². The van der Waals surface area contributed by atoms with Crippen molar-refractivity contribution in [2.24, 2.45) is 0 Å². The number of amides is 13. The van der Waals surface area contributed by atoms with Crippen LogP contribution in [0.15, 0.2) is 0 Å². The molecule has 0 bridgehead atoms. The molecule has 0 saturated carbocycles. The summed E-state index contributed by atoms with van der Waals surface area (Å²) in [5.41, 5.74) is 0. The molecule has 6 aliphatic heterocycles. The monoisotopic (exact) mass is 914 g/mol. The van der Waals surface area contributed by atoms with Crippen LogP contribution < -0.4 is 0 Å². The first-order valence-electron chi connectivity index (χ1n) is 17.7. The third-order valence-electron chi connectivity index (χ3n) is 7.12. The number of carbonyl (C=O) groups is 15. The molecule has 30 heteroatoms. The SMILES string of the molecule is CO.COC(=O)N1C(=O)CCC1=O.O=C(ON1C(=O)CCC1=O)ON1C(=O)CCC1=O.O=C(ON1C(=O)CCC1=O)ON1C(=O)CCC1=O.O=C1CCC(=O)N1O.[2H]SC.[2H]SC. The van der Waals surface area contributed by atoms with E-state index in [1.54, 1.807) is 12.5 Å². The number of methoxy groups -OCH3 is 1. The van der Waals surface area contributed by atoms with E-state index in [2.05, 4.69) is 24.1 Å². The van der Waals surface area contributed by atoms with Crippen LogP contribution in [0, 0.1) is 0 Å². The van der Waals surface area contributed by atoms with Crippen molar-refractivity contribution in [1.29, 1.82) is 2.25 Å². The summed E-state index contributed by atoms with van der Waals surface area (Å²) in [4.78, 5) is 182. The number of hydrogen-bond acceptors (Lipinski definition) is 24. The Morgan fingerprint density at radius 1 is 0.443 bits per heavy atom. The highest BCUT2D eigenvalue weighted by molar-refractivity contribution is 7.79. The van der Waals surface area contributed by atoms with E-state index >= 15 is 0 Å². The molecule has 6 aliphatic rings. The zero-order valence-electron chi connectivity index (χ0n) is 34.5. The molecule has 0 unspecified atom stereocenters. The van der Waals surface area contributed by atoms with Crippen LogP contribution in [0.25, 0.3) is 0 Å². The molecule has 0 aromatic carbocycles. The fourth-order valence-electron chi connectivity index (χ4n) is 4.40. The van der Waals surface area contributed by atoms with Crippen molar-refractivity contribution in [2.75, 3.05) is 26.7 Å². The van der Waals surface area contributed by atoms with Crippen molar-refractivity contribution in [2.45, 2.75) is 77.0 Å². The lowest BCUT2D eigenvalue weighted by atomic mass is 10.4. The molecule has 338 valence electrons. The van der Waals surface area contributed by atoms with Crippen molar-refractivity contribution in [3.8, 4) is 0 Å². The van der Waals surface area contributed by atoms with Gasteiger partial charge in [-0.15, -0.1) is 0 Å². The summed E-state index contributed by atoms with van der Waals surface area (Å²) in [7, 11) is 2.13. The maximum atomic E-state index is 11.2. The van der Waals surface area contributed by atoms with E-state index in [1.807, 2.05) is 0 Å². The van der Waals surface area contributed by atoms with E-state index < -0.39 is 89.3 Å². The van der Waals surface area contributed by atoms with E-state index in [0.717, 1.165) is 39.3 Å². The van der Waals surface area contributed by atoms with Crippen molar-refractivity contribution >= 4 is 114 Å². The first-order valence-corrected chi connectivity index (χ1v) is 18.5. The summed E-state index contributed by atoms with van der Waals surface area (Å²) >= 11 is 2.00. The van der Waals surface area contributed by atoms with Gasteiger partial charge < -0.3 is 9.84 Å². The van der Waals surface area contributed by atoms with Gasteiger partial charge in [0.15, 0.2) is 0 Å². The summed E-state index contributed by atoms with van der Waals surface area (Å²) < 4.78 is 16.5. The fourth-order valence-corrected chi connectivity index (χ4v) is 4.40. The number of carbonyl (C=O) groups excluding carboxylic acids is 15. The fraction of sp³-hybridized carbons (Fsp3) is 0.516. The highest BCUT2D eigenvalue weighted by Crippen LogP contribution is 2.18. The average molecular weight is 915 g/mol. The van der Waals surface area contributed by atoms with E-state index in [1.165, 1.54) is 0 Å². The first-order chi connectivity index (χ1) is 29.7. The van der Waals surface area contributed by atoms with Crippen LogP contribution in [-0.2, 0) is 81.6 Å². The predicted molar refractivity (Wildman–Crippen MR) is 194 cm³/mol. The third-order valence-corrected chi connectivity index (χ3v) is 7.12. The van der Waals surface area contributed by atoms with Gasteiger partial charge in [0.05, 0.1) is 7.11 Å². The average Bonchev–Trinajstić information content (AvgIpc) is 4.08. The lowest BCUT2D eigenvalue weighted by Crippen LogP contribution is -2.37. The van der Waals surface area contributed by atoms with Crippen LogP contribution in [0.4, 0.5) is 14.4 Å². The quantitative estimate of drug-likeness (QED) is 0.144. The Morgan fingerprint density at radius 3 is 0.787 bits per heavy atom. The van der Waals surface area contributed by atoms with Crippen LogP contribution in [-0.4, -0.2) is 159 Å². The van der Waals surface area contributed by atoms with Crippen LogP contribution in [0.2, 0.25) is 0 Å². The number of nitrogens with zero attached hydrogens (tertiary/aromatic N) is 6. The van der Waals surface area contributed by atoms with Crippen molar-refractivity contribution in [3.63, 3.8) is 0 Å². The minimum absolute atomic E-state index is 0.0618. The number of thiol groups is 2. The Morgan fingerprint density at radius 2 is 0.623 bits per heavy atom. The Bertz CT molecular complexity index is 1560. The minimum atomic E-state index is -1.48.